The molecule has 11 heteroatoms. The molecule has 7 nitrogen and oxygen atoms in total. The first-order chi connectivity index (χ1) is 17.3. The van der Waals surface area contributed by atoms with E-state index in [1.165, 1.54) is 24.9 Å². The van der Waals surface area contributed by atoms with Crippen molar-refractivity contribution in [2.75, 3.05) is 30.9 Å². The van der Waals surface area contributed by atoms with Gasteiger partial charge in [-0.1, -0.05) is 45.9 Å². The zero-order chi connectivity index (χ0) is 25.4. The molecule has 2 aliphatic heterocycles. The molecule has 0 aliphatic carbocycles. The van der Waals surface area contributed by atoms with Crippen molar-refractivity contribution in [2.24, 2.45) is 10.9 Å². The standard InChI is InChI=1S/C25H22BrF2N5O2S/c1-14-20(28)22(35-2)31-23(29-14)33-11-16-12-36-24(30-21(34)15-6-4-3-5-7-15)32-25(16,13-33)18-10-17(26)8-9-19(18)27/h3-10,16H,11-13H2,1-2H3,(H,30,32,34)/t16-,25-/m0/s1. The van der Waals surface area contributed by atoms with Gasteiger partial charge in [0.2, 0.25) is 11.8 Å². The molecule has 186 valence electrons. The van der Waals surface area contributed by atoms with Crippen LogP contribution in [0.4, 0.5) is 14.7 Å². The molecule has 5 rings (SSSR count). The average molecular weight is 574 g/mol. The lowest BCUT2D eigenvalue weighted by molar-refractivity contribution is 0.0977. The molecule has 0 bridgehead atoms. The molecule has 1 N–H and O–H groups in total. The van der Waals surface area contributed by atoms with Gasteiger partial charge in [0.15, 0.2) is 5.17 Å². The molecule has 2 aromatic carbocycles. The van der Waals surface area contributed by atoms with E-state index in [-0.39, 0.29) is 35.9 Å². The minimum atomic E-state index is -1.02. The SMILES string of the molecule is COc1nc(N2C[C@H]3CSC(NC(=O)c4ccccc4)=N[C@@]3(c3cc(Br)ccc3F)C2)nc(C)c1F. The van der Waals surface area contributed by atoms with Crippen LogP contribution in [0.5, 0.6) is 5.88 Å². The Morgan fingerprint density at radius 2 is 2.00 bits per heavy atom. The van der Waals surface area contributed by atoms with E-state index in [4.69, 9.17) is 9.73 Å². The molecular weight excluding hydrogens is 552 g/mol. The number of aromatic nitrogens is 2. The predicted molar refractivity (Wildman–Crippen MR) is 139 cm³/mol. The van der Waals surface area contributed by atoms with E-state index in [2.05, 4.69) is 31.2 Å². The number of anilines is 1. The second-order valence-corrected chi connectivity index (χ2v) is 10.5. The number of halogens is 3. The molecule has 1 aromatic heterocycles. The Balaban J connectivity index is 1.56. The molecule has 36 heavy (non-hydrogen) atoms. The Bertz CT molecular complexity index is 1360. The third kappa shape index (κ3) is 4.45. The van der Waals surface area contributed by atoms with Crippen molar-refractivity contribution in [3.05, 3.63) is 81.5 Å². The smallest absolute Gasteiger partial charge is 0.257 e. The summed E-state index contributed by atoms with van der Waals surface area (Å²) in [5, 5.41) is 3.30. The number of hydrogen-bond donors (Lipinski definition) is 1. The topological polar surface area (TPSA) is 79.7 Å². The minimum absolute atomic E-state index is 0.122. The zero-order valence-corrected chi connectivity index (χ0v) is 21.9. The van der Waals surface area contributed by atoms with Crippen molar-refractivity contribution in [3.8, 4) is 5.88 Å². The molecule has 2 atom stereocenters. The number of aryl methyl sites for hydroxylation is 1. The van der Waals surface area contributed by atoms with Crippen LogP contribution < -0.4 is 15.0 Å². The number of thioether (sulfide) groups is 1. The number of amides is 1. The number of rotatable bonds is 4. The highest BCUT2D eigenvalue weighted by atomic mass is 79.9. The molecule has 1 amide bonds. The third-order valence-electron chi connectivity index (χ3n) is 6.37. The Labute approximate surface area is 219 Å². The molecular formula is C25H22BrF2N5O2S. The number of carbonyl (C=O) groups is 1. The summed E-state index contributed by atoms with van der Waals surface area (Å²) in [6.07, 6.45) is 0. The molecule has 3 heterocycles. The second-order valence-electron chi connectivity index (χ2n) is 8.61. The Hall–Kier alpha value is -3.05. The van der Waals surface area contributed by atoms with Crippen LogP contribution in [0, 0.1) is 24.5 Å². The summed E-state index contributed by atoms with van der Waals surface area (Å²) in [5.41, 5.74) is 0.0445. The number of hydrogen-bond acceptors (Lipinski definition) is 7. The quantitative estimate of drug-likeness (QED) is 0.487. The van der Waals surface area contributed by atoms with Gasteiger partial charge >= 0.3 is 0 Å². The maximum Gasteiger partial charge on any atom is 0.257 e. The van der Waals surface area contributed by atoms with Crippen LogP contribution in [0.1, 0.15) is 21.6 Å². The van der Waals surface area contributed by atoms with E-state index < -0.39 is 17.2 Å². The van der Waals surface area contributed by atoms with Gasteiger partial charge in [-0.15, -0.1) is 0 Å². The number of amidine groups is 1. The van der Waals surface area contributed by atoms with Gasteiger partial charge < -0.3 is 15.0 Å². The summed E-state index contributed by atoms with van der Waals surface area (Å²) in [6.45, 7) is 2.25. The second kappa shape index (κ2) is 9.78. The fourth-order valence-electron chi connectivity index (χ4n) is 4.58. The fourth-order valence-corrected chi connectivity index (χ4v) is 6.07. The van der Waals surface area contributed by atoms with Crippen molar-refractivity contribution in [3.63, 3.8) is 0 Å². The van der Waals surface area contributed by atoms with E-state index in [0.717, 1.165) is 0 Å². The highest BCUT2D eigenvalue weighted by molar-refractivity contribution is 9.10. The zero-order valence-electron chi connectivity index (χ0n) is 19.5. The molecule has 3 aromatic rings. The summed E-state index contributed by atoms with van der Waals surface area (Å²) in [5.74, 6) is -0.721. The normalized spacial score (nSPS) is 21.1. The van der Waals surface area contributed by atoms with Gasteiger partial charge in [-0.2, -0.15) is 9.37 Å². The lowest BCUT2D eigenvalue weighted by Crippen LogP contribution is -2.43. The number of nitrogens with zero attached hydrogens (tertiary/aromatic N) is 4. The maximum atomic E-state index is 15.3. The van der Waals surface area contributed by atoms with Crippen molar-refractivity contribution in [1.82, 2.24) is 15.3 Å². The Kier molecular flexibility index (Phi) is 6.69. The van der Waals surface area contributed by atoms with Gasteiger partial charge in [0, 0.05) is 33.8 Å². The van der Waals surface area contributed by atoms with E-state index >= 15 is 4.39 Å². The number of aliphatic imine (C=N–C) groups is 1. The predicted octanol–water partition coefficient (Wildman–Crippen LogP) is 4.70. The largest absolute Gasteiger partial charge is 0.479 e. The van der Waals surface area contributed by atoms with Gasteiger partial charge in [-0.25, -0.2) is 14.4 Å². The van der Waals surface area contributed by atoms with Crippen LogP contribution in [0.2, 0.25) is 0 Å². The van der Waals surface area contributed by atoms with Crippen LogP contribution >= 0.6 is 27.7 Å². The molecule has 0 unspecified atom stereocenters. The molecule has 0 radical (unpaired) electrons. The maximum absolute atomic E-state index is 15.3. The molecule has 1 fully saturated rings. The Morgan fingerprint density at radius 3 is 2.75 bits per heavy atom. The van der Waals surface area contributed by atoms with Crippen molar-refractivity contribution in [1.29, 1.82) is 0 Å². The van der Waals surface area contributed by atoms with E-state index in [1.54, 1.807) is 43.3 Å². The highest BCUT2D eigenvalue weighted by Gasteiger charge is 2.52. The molecule has 0 spiro atoms. The van der Waals surface area contributed by atoms with E-state index in [0.29, 0.717) is 33.1 Å². The van der Waals surface area contributed by atoms with Gasteiger partial charge in [0.05, 0.1) is 19.3 Å². The lowest BCUT2D eigenvalue weighted by atomic mass is 9.81. The molecule has 2 aliphatic rings. The molecule has 0 saturated carbocycles. The first-order valence-corrected chi connectivity index (χ1v) is 13.0. The average Bonchev–Trinajstić information content (AvgIpc) is 3.27. The number of carbonyl (C=O) groups excluding carboxylic acids is 1. The number of fused-ring (bicyclic) bond motifs is 1. The summed E-state index contributed by atoms with van der Waals surface area (Å²) in [6, 6.07) is 13.6. The van der Waals surface area contributed by atoms with Gasteiger partial charge in [0.25, 0.3) is 11.8 Å². The fraction of sp³-hybridized carbons (Fsp3) is 0.280. The number of methoxy groups -OCH3 is 1. The van der Waals surface area contributed by atoms with Gasteiger partial charge in [-0.3, -0.25) is 4.79 Å². The summed E-state index contributed by atoms with van der Waals surface area (Å²) < 4.78 is 35.4. The first kappa shape index (κ1) is 24.6. The summed E-state index contributed by atoms with van der Waals surface area (Å²) in [7, 11) is 1.35. The van der Waals surface area contributed by atoms with Crippen LogP contribution in [0.3, 0.4) is 0 Å². The lowest BCUT2D eigenvalue weighted by Gasteiger charge is -2.35. The van der Waals surface area contributed by atoms with E-state index in [9.17, 15) is 9.18 Å². The Morgan fingerprint density at radius 1 is 1.22 bits per heavy atom. The third-order valence-corrected chi connectivity index (χ3v) is 7.90. The van der Waals surface area contributed by atoms with E-state index in [1.807, 2.05) is 11.0 Å². The van der Waals surface area contributed by atoms with Crippen LogP contribution in [0.25, 0.3) is 0 Å². The highest BCUT2D eigenvalue weighted by Crippen LogP contribution is 2.47. The van der Waals surface area contributed by atoms with Crippen molar-refractivity contribution in [2.45, 2.75) is 12.5 Å². The van der Waals surface area contributed by atoms with Crippen LogP contribution in [0.15, 0.2) is 58.0 Å². The summed E-state index contributed by atoms with van der Waals surface area (Å²) >= 11 is 4.86. The van der Waals surface area contributed by atoms with Gasteiger partial charge in [0.1, 0.15) is 11.4 Å². The van der Waals surface area contributed by atoms with Crippen LogP contribution in [-0.4, -0.2) is 47.0 Å². The van der Waals surface area contributed by atoms with Crippen LogP contribution in [-0.2, 0) is 5.54 Å². The monoisotopic (exact) mass is 573 g/mol. The number of benzene rings is 2. The van der Waals surface area contributed by atoms with Crippen molar-refractivity contribution >= 4 is 44.7 Å². The number of ether oxygens (including phenoxy) is 1. The van der Waals surface area contributed by atoms with Crippen molar-refractivity contribution < 1.29 is 18.3 Å². The van der Waals surface area contributed by atoms with Gasteiger partial charge in [-0.05, 0) is 37.3 Å². The minimum Gasteiger partial charge on any atom is -0.479 e. The summed E-state index contributed by atoms with van der Waals surface area (Å²) in [4.78, 5) is 28.2. The first-order valence-electron chi connectivity index (χ1n) is 11.2. The number of nitrogens with one attached hydrogen (secondary N) is 1. The molecule has 1 saturated heterocycles.